The minimum atomic E-state index is -0.0627. The van der Waals surface area contributed by atoms with Crippen LogP contribution in [0.15, 0.2) is 30.3 Å². The van der Waals surface area contributed by atoms with Gasteiger partial charge in [0, 0.05) is 32.3 Å². The molecule has 1 aliphatic heterocycles. The lowest BCUT2D eigenvalue weighted by molar-refractivity contribution is -0.127. The summed E-state index contributed by atoms with van der Waals surface area (Å²) in [4.78, 5) is 16.4. The summed E-state index contributed by atoms with van der Waals surface area (Å²) in [5.41, 5.74) is 2.34. The van der Waals surface area contributed by atoms with Crippen molar-refractivity contribution in [1.82, 2.24) is 9.80 Å². The van der Waals surface area contributed by atoms with E-state index in [0.717, 1.165) is 18.7 Å². The number of hydrogen-bond donors (Lipinski definition) is 0. The minimum Gasteiger partial charge on any atom is -0.337 e. The average molecular weight is 339 g/mol. The topological polar surface area (TPSA) is 47.3 Å². The molecule has 1 atom stereocenters. The molecule has 0 spiro atoms. The molecule has 4 nitrogen and oxygen atoms in total. The predicted octanol–water partition coefficient (Wildman–Crippen LogP) is 3.52. The average Bonchev–Trinajstić information content (AvgIpc) is 2.61. The molecule has 0 N–H and O–H groups in total. The Hall–Kier alpha value is -2.12. The maximum absolute atomic E-state index is 12.4. The first-order valence-corrected chi connectivity index (χ1v) is 9.13. The van der Waals surface area contributed by atoms with Gasteiger partial charge in [-0.15, -0.1) is 0 Å². The van der Waals surface area contributed by atoms with Crippen LogP contribution in [0.25, 0.3) is 6.08 Å². The van der Waals surface area contributed by atoms with Crippen molar-refractivity contribution in [2.75, 3.05) is 26.2 Å². The second-order valence-electron chi connectivity index (χ2n) is 7.33. The first kappa shape index (κ1) is 19.2. The van der Waals surface area contributed by atoms with Gasteiger partial charge in [0.25, 0.3) is 0 Å². The predicted molar refractivity (Wildman–Crippen MR) is 102 cm³/mol. The van der Waals surface area contributed by atoms with Crippen LogP contribution in [0.2, 0.25) is 0 Å². The van der Waals surface area contributed by atoms with Gasteiger partial charge in [0.05, 0.1) is 6.07 Å². The molecular weight excluding hydrogens is 310 g/mol. The van der Waals surface area contributed by atoms with Crippen LogP contribution in [0.1, 0.15) is 44.7 Å². The van der Waals surface area contributed by atoms with E-state index in [1.54, 1.807) is 6.08 Å². The third-order valence-electron chi connectivity index (χ3n) is 4.80. The Kier molecular flexibility index (Phi) is 6.78. The van der Waals surface area contributed by atoms with Crippen molar-refractivity contribution in [2.24, 2.45) is 5.92 Å². The Morgan fingerprint density at radius 3 is 2.16 bits per heavy atom. The summed E-state index contributed by atoms with van der Waals surface area (Å²) >= 11 is 0. The molecule has 0 radical (unpaired) electrons. The summed E-state index contributed by atoms with van der Waals surface area (Å²) in [6.45, 7) is 11.4. The van der Waals surface area contributed by atoms with Crippen molar-refractivity contribution in [3.05, 3.63) is 41.5 Å². The van der Waals surface area contributed by atoms with E-state index in [-0.39, 0.29) is 11.9 Å². The normalized spacial score (nSPS) is 17.2. The summed E-state index contributed by atoms with van der Waals surface area (Å²) in [7, 11) is 0. The molecule has 25 heavy (non-hydrogen) atoms. The number of rotatable bonds is 5. The third-order valence-corrected chi connectivity index (χ3v) is 4.80. The molecule has 134 valence electrons. The highest BCUT2D eigenvalue weighted by atomic mass is 16.2. The van der Waals surface area contributed by atoms with Crippen molar-refractivity contribution in [3.8, 4) is 6.07 Å². The molecule has 0 aromatic heterocycles. The maximum Gasteiger partial charge on any atom is 0.246 e. The molecule has 2 rings (SSSR count). The van der Waals surface area contributed by atoms with E-state index in [0.29, 0.717) is 24.9 Å². The van der Waals surface area contributed by atoms with Crippen LogP contribution < -0.4 is 0 Å². The van der Waals surface area contributed by atoms with E-state index in [9.17, 15) is 10.1 Å². The molecule has 0 bridgehead atoms. The molecule has 1 aromatic carbocycles. The van der Waals surface area contributed by atoms with Crippen molar-refractivity contribution in [2.45, 2.75) is 39.7 Å². The zero-order valence-corrected chi connectivity index (χ0v) is 15.8. The van der Waals surface area contributed by atoms with Crippen LogP contribution in [0, 0.1) is 17.2 Å². The van der Waals surface area contributed by atoms with E-state index >= 15 is 0 Å². The first-order valence-electron chi connectivity index (χ1n) is 9.13. The summed E-state index contributed by atoms with van der Waals surface area (Å²) < 4.78 is 0. The third kappa shape index (κ3) is 5.17. The van der Waals surface area contributed by atoms with Crippen LogP contribution >= 0.6 is 0 Å². The Morgan fingerprint density at radius 2 is 1.68 bits per heavy atom. The van der Waals surface area contributed by atoms with Crippen LogP contribution in [-0.2, 0) is 4.79 Å². The highest BCUT2D eigenvalue weighted by molar-refractivity contribution is 5.91. The van der Waals surface area contributed by atoms with Crippen LogP contribution in [0.3, 0.4) is 0 Å². The molecular formula is C21H29N3O. The second kappa shape index (κ2) is 8.82. The van der Waals surface area contributed by atoms with Gasteiger partial charge in [-0.2, -0.15) is 5.26 Å². The van der Waals surface area contributed by atoms with Gasteiger partial charge in [-0.1, -0.05) is 52.0 Å². The van der Waals surface area contributed by atoms with E-state index < -0.39 is 0 Å². The van der Waals surface area contributed by atoms with Gasteiger partial charge in [-0.25, -0.2) is 0 Å². The Bertz CT molecular complexity index is 632. The highest BCUT2D eigenvalue weighted by Gasteiger charge is 2.26. The smallest absolute Gasteiger partial charge is 0.246 e. The Labute approximate surface area is 151 Å². The molecule has 1 fully saturated rings. The Morgan fingerprint density at radius 1 is 1.08 bits per heavy atom. The standard InChI is InChI=1S/C21H29N3O/c1-16(2)19-8-5-18(6-9-19)7-10-21(25)24-13-11-23(12-14-24)20(15-22)17(3)4/h5-10,16-17,20H,11-14H2,1-4H3/b10-7+. The van der Waals surface area contributed by atoms with Gasteiger partial charge < -0.3 is 4.90 Å². The van der Waals surface area contributed by atoms with Crippen LogP contribution in [0.5, 0.6) is 0 Å². The van der Waals surface area contributed by atoms with Gasteiger partial charge in [-0.3, -0.25) is 9.69 Å². The molecule has 0 saturated carbocycles. The van der Waals surface area contributed by atoms with Gasteiger partial charge in [-0.05, 0) is 29.0 Å². The zero-order valence-electron chi connectivity index (χ0n) is 15.8. The SMILES string of the molecule is CC(C)c1ccc(/C=C/C(=O)N2CCN(C(C#N)C(C)C)CC2)cc1. The molecule has 1 aromatic rings. The minimum absolute atomic E-state index is 0.0469. The van der Waals surface area contributed by atoms with Gasteiger partial charge >= 0.3 is 0 Å². The summed E-state index contributed by atoms with van der Waals surface area (Å²) in [5, 5.41) is 9.30. The summed E-state index contributed by atoms with van der Waals surface area (Å²) in [5.74, 6) is 0.866. The number of nitrogens with zero attached hydrogens (tertiary/aromatic N) is 3. The van der Waals surface area contributed by atoms with Crippen LogP contribution in [0.4, 0.5) is 0 Å². The zero-order chi connectivity index (χ0) is 18.4. The van der Waals surface area contributed by atoms with E-state index in [1.165, 1.54) is 5.56 Å². The molecule has 1 unspecified atom stereocenters. The summed E-state index contributed by atoms with van der Waals surface area (Å²) in [6, 6.07) is 10.7. The number of piperazine rings is 1. The molecule has 1 amide bonds. The number of benzene rings is 1. The quantitative estimate of drug-likeness (QED) is 0.771. The lowest BCUT2D eigenvalue weighted by atomic mass is 10.0. The number of carbonyl (C=O) groups is 1. The largest absolute Gasteiger partial charge is 0.337 e. The molecule has 1 heterocycles. The van der Waals surface area contributed by atoms with Crippen molar-refractivity contribution in [3.63, 3.8) is 0 Å². The Balaban J connectivity index is 1.89. The van der Waals surface area contributed by atoms with E-state index in [4.69, 9.17) is 0 Å². The maximum atomic E-state index is 12.4. The second-order valence-corrected chi connectivity index (χ2v) is 7.33. The monoisotopic (exact) mass is 339 g/mol. The molecule has 0 aliphatic carbocycles. The lowest BCUT2D eigenvalue weighted by Gasteiger charge is -2.37. The molecule has 1 saturated heterocycles. The van der Waals surface area contributed by atoms with Gasteiger partial charge in [0.2, 0.25) is 5.91 Å². The van der Waals surface area contributed by atoms with Crippen molar-refractivity contribution < 1.29 is 4.79 Å². The summed E-state index contributed by atoms with van der Waals surface area (Å²) in [6.07, 6.45) is 3.54. The molecule has 4 heteroatoms. The van der Waals surface area contributed by atoms with E-state index in [1.807, 2.05) is 11.0 Å². The van der Waals surface area contributed by atoms with Gasteiger partial charge in [0.15, 0.2) is 0 Å². The van der Waals surface area contributed by atoms with E-state index in [2.05, 4.69) is 62.9 Å². The molecule has 1 aliphatic rings. The lowest BCUT2D eigenvalue weighted by Crippen LogP contribution is -2.52. The number of carbonyl (C=O) groups excluding carboxylic acids is 1. The fourth-order valence-electron chi connectivity index (χ4n) is 3.14. The number of hydrogen-bond acceptors (Lipinski definition) is 3. The van der Waals surface area contributed by atoms with Crippen molar-refractivity contribution >= 4 is 12.0 Å². The highest BCUT2D eigenvalue weighted by Crippen LogP contribution is 2.16. The fraction of sp³-hybridized carbons (Fsp3) is 0.524. The van der Waals surface area contributed by atoms with Gasteiger partial charge in [0.1, 0.15) is 6.04 Å². The van der Waals surface area contributed by atoms with Crippen LogP contribution in [-0.4, -0.2) is 47.9 Å². The fourth-order valence-corrected chi connectivity index (χ4v) is 3.14. The first-order chi connectivity index (χ1) is 11.9. The van der Waals surface area contributed by atoms with Crippen molar-refractivity contribution in [1.29, 1.82) is 5.26 Å². The number of amides is 1. The number of nitriles is 1.